The lowest BCUT2D eigenvalue weighted by Crippen LogP contribution is -2.20. The van der Waals surface area contributed by atoms with Crippen LogP contribution in [0.25, 0.3) is 0 Å². The summed E-state index contributed by atoms with van der Waals surface area (Å²) in [5.74, 6) is -2.51. The first-order chi connectivity index (χ1) is 6.52. The van der Waals surface area contributed by atoms with Crippen molar-refractivity contribution in [2.45, 2.75) is 19.0 Å². The van der Waals surface area contributed by atoms with Gasteiger partial charge in [0, 0.05) is 0 Å². The van der Waals surface area contributed by atoms with Gasteiger partial charge in [0.15, 0.2) is 0 Å². The number of carbonyl (C=O) groups is 1. The van der Waals surface area contributed by atoms with Crippen LogP contribution in [0.4, 0.5) is 4.39 Å². The van der Waals surface area contributed by atoms with Crippen LogP contribution in [-0.2, 0) is 4.79 Å². The summed E-state index contributed by atoms with van der Waals surface area (Å²) in [7, 11) is 0. The zero-order chi connectivity index (χ0) is 10.7. The third kappa shape index (κ3) is 2.22. The summed E-state index contributed by atoms with van der Waals surface area (Å²) in [5.41, 5.74) is 0.271. The normalized spacial score (nSPS) is 14.7. The first-order valence-corrected chi connectivity index (χ1v) is 4.18. The Hall–Kier alpha value is -1.58. The maximum absolute atomic E-state index is 13.0. The van der Waals surface area contributed by atoms with Crippen LogP contribution in [0.1, 0.15) is 18.4 Å². The van der Waals surface area contributed by atoms with Gasteiger partial charge in [-0.25, -0.2) is 4.39 Å². The van der Waals surface area contributed by atoms with Crippen LogP contribution in [0.2, 0.25) is 0 Å². The van der Waals surface area contributed by atoms with Gasteiger partial charge in [0.2, 0.25) is 0 Å². The third-order valence-electron chi connectivity index (χ3n) is 1.95. The van der Waals surface area contributed by atoms with Crippen LogP contribution >= 0.6 is 0 Å². The van der Waals surface area contributed by atoms with Crippen LogP contribution < -0.4 is 0 Å². The Balaban J connectivity index is 3.05. The van der Waals surface area contributed by atoms with Crippen molar-refractivity contribution in [1.82, 2.24) is 0 Å². The molecule has 2 unspecified atom stereocenters. The van der Waals surface area contributed by atoms with E-state index in [2.05, 4.69) is 0 Å². The van der Waals surface area contributed by atoms with E-state index in [0.717, 1.165) is 0 Å². The second-order valence-corrected chi connectivity index (χ2v) is 3.09. The minimum atomic E-state index is -1.49. The number of alkyl halides is 1. The number of phenolic OH excluding ortho intramolecular Hbond substituents is 1. The molecule has 4 heteroatoms. The Bertz CT molecular complexity index is 336. The van der Waals surface area contributed by atoms with Crippen molar-refractivity contribution in [2.75, 3.05) is 0 Å². The Labute approximate surface area is 80.8 Å². The summed E-state index contributed by atoms with van der Waals surface area (Å²) in [6.07, 6.45) is -1.49. The van der Waals surface area contributed by atoms with Crippen molar-refractivity contribution >= 4 is 5.97 Å². The van der Waals surface area contributed by atoms with Crippen molar-refractivity contribution in [3.05, 3.63) is 29.8 Å². The van der Waals surface area contributed by atoms with Gasteiger partial charge >= 0.3 is 5.97 Å². The smallest absolute Gasteiger partial charge is 0.313 e. The number of carboxylic acids is 1. The number of rotatable bonds is 3. The SMILES string of the molecule is CC(F)C(C(=O)O)c1cccc(O)c1. The average molecular weight is 198 g/mol. The summed E-state index contributed by atoms with van der Waals surface area (Å²) in [6.45, 7) is 1.18. The molecular formula is C10H11FO3. The highest BCUT2D eigenvalue weighted by atomic mass is 19.1. The molecule has 0 aromatic heterocycles. The molecule has 76 valence electrons. The maximum atomic E-state index is 13.0. The molecule has 3 nitrogen and oxygen atoms in total. The number of carboxylic acid groups (broad SMARTS) is 1. The van der Waals surface area contributed by atoms with E-state index in [1.165, 1.54) is 31.2 Å². The molecule has 0 fully saturated rings. The molecule has 0 saturated heterocycles. The molecular weight excluding hydrogens is 187 g/mol. The first-order valence-electron chi connectivity index (χ1n) is 4.18. The molecule has 1 rings (SSSR count). The van der Waals surface area contributed by atoms with E-state index in [0.29, 0.717) is 0 Å². The van der Waals surface area contributed by atoms with Gasteiger partial charge in [-0.3, -0.25) is 4.79 Å². The molecule has 1 aromatic carbocycles. The molecule has 0 saturated carbocycles. The average Bonchev–Trinajstić information content (AvgIpc) is 2.02. The third-order valence-corrected chi connectivity index (χ3v) is 1.95. The van der Waals surface area contributed by atoms with Crippen LogP contribution in [0.3, 0.4) is 0 Å². The molecule has 14 heavy (non-hydrogen) atoms. The molecule has 0 radical (unpaired) electrons. The number of hydrogen-bond acceptors (Lipinski definition) is 2. The van der Waals surface area contributed by atoms with Gasteiger partial charge in [-0.2, -0.15) is 0 Å². The number of benzene rings is 1. The van der Waals surface area contributed by atoms with Gasteiger partial charge < -0.3 is 10.2 Å². The summed E-state index contributed by atoms with van der Waals surface area (Å²) in [5, 5.41) is 17.9. The molecule has 0 spiro atoms. The van der Waals surface area contributed by atoms with Gasteiger partial charge in [0.25, 0.3) is 0 Å². The lowest BCUT2D eigenvalue weighted by atomic mass is 9.95. The predicted molar refractivity (Wildman–Crippen MR) is 49.1 cm³/mol. The van der Waals surface area contributed by atoms with Crippen LogP contribution in [0.15, 0.2) is 24.3 Å². The molecule has 0 aliphatic rings. The highest BCUT2D eigenvalue weighted by Gasteiger charge is 2.26. The van der Waals surface area contributed by atoms with Gasteiger partial charge in [-0.1, -0.05) is 12.1 Å². The quantitative estimate of drug-likeness (QED) is 0.780. The number of hydrogen-bond donors (Lipinski definition) is 2. The topological polar surface area (TPSA) is 57.5 Å². The van der Waals surface area contributed by atoms with Crippen molar-refractivity contribution in [2.24, 2.45) is 0 Å². The largest absolute Gasteiger partial charge is 0.508 e. The fraction of sp³-hybridized carbons (Fsp3) is 0.300. The Morgan fingerprint density at radius 1 is 1.50 bits per heavy atom. The molecule has 0 heterocycles. The maximum Gasteiger partial charge on any atom is 0.313 e. The van der Waals surface area contributed by atoms with Crippen LogP contribution in [-0.4, -0.2) is 22.4 Å². The number of aliphatic carboxylic acids is 1. The summed E-state index contributed by atoms with van der Waals surface area (Å²) in [4.78, 5) is 10.7. The van der Waals surface area contributed by atoms with E-state index < -0.39 is 18.1 Å². The fourth-order valence-electron chi connectivity index (χ4n) is 1.32. The molecule has 1 aromatic rings. The van der Waals surface area contributed by atoms with E-state index in [9.17, 15) is 9.18 Å². The Morgan fingerprint density at radius 2 is 2.14 bits per heavy atom. The van der Waals surface area contributed by atoms with E-state index in [4.69, 9.17) is 10.2 Å². The highest BCUT2D eigenvalue weighted by Crippen LogP contribution is 2.25. The minimum absolute atomic E-state index is 0.0607. The standard InChI is InChI=1S/C10H11FO3/c1-6(11)9(10(13)14)7-3-2-4-8(12)5-7/h2-6,9,12H,1H3,(H,13,14). The monoisotopic (exact) mass is 198 g/mol. The second-order valence-electron chi connectivity index (χ2n) is 3.09. The van der Waals surface area contributed by atoms with E-state index in [-0.39, 0.29) is 11.3 Å². The summed E-state index contributed by atoms with van der Waals surface area (Å²) >= 11 is 0. The lowest BCUT2D eigenvalue weighted by Gasteiger charge is -2.13. The first kappa shape index (κ1) is 10.5. The molecule has 0 aliphatic carbocycles. The Morgan fingerprint density at radius 3 is 2.57 bits per heavy atom. The zero-order valence-electron chi connectivity index (χ0n) is 7.64. The van der Waals surface area contributed by atoms with E-state index >= 15 is 0 Å². The molecule has 0 amide bonds. The summed E-state index contributed by atoms with van der Waals surface area (Å²) < 4.78 is 13.0. The van der Waals surface area contributed by atoms with E-state index in [1.54, 1.807) is 0 Å². The lowest BCUT2D eigenvalue weighted by molar-refractivity contribution is -0.140. The summed E-state index contributed by atoms with van der Waals surface area (Å²) in [6, 6.07) is 5.64. The van der Waals surface area contributed by atoms with Gasteiger partial charge in [0.1, 0.15) is 17.8 Å². The number of halogens is 1. The minimum Gasteiger partial charge on any atom is -0.508 e. The zero-order valence-corrected chi connectivity index (χ0v) is 7.64. The number of aromatic hydroxyl groups is 1. The van der Waals surface area contributed by atoms with Crippen molar-refractivity contribution < 1.29 is 19.4 Å². The van der Waals surface area contributed by atoms with Gasteiger partial charge in [0.05, 0.1) is 0 Å². The molecule has 2 atom stereocenters. The molecule has 0 bridgehead atoms. The van der Waals surface area contributed by atoms with Crippen molar-refractivity contribution in [1.29, 1.82) is 0 Å². The molecule has 0 aliphatic heterocycles. The molecule has 2 N–H and O–H groups in total. The highest BCUT2D eigenvalue weighted by molar-refractivity contribution is 5.77. The van der Waals surface area contributed by atoms with Crippen LogP contribution in [0.5, 0.6) is 5.75 Å². The van der Waals surface area contributed by atoms with Gasteiger partial charge in [-0.05, 0) is 24.6 Å². The van der Waals surface area contributed by atoms with Crippen LogP contribution in [0, 0.1) is 0 Å². The van der Waals surface area contributed by atoms with Crippen molar-refractivity contribution in [3.63, 3.8) is 0 Å². The van der Waals surface area contributed by atoms with Gasteiger partial charge in [-0.15, -0.1) is 0 Å². The second kappa shape index (κ2) is 4.09. The fourth-order valence-corrected chi connectivity index (χ4v) is 1.32. The number of phenols is 1. The predicted octanol–water partition coefficient (Wildman–Crippen LogP) is 1.92. The Kier molecular flexibility index (Phi) is 3.06. The van der Waals surface area contributed by atoms with Crippen molar-refractivity contribution in [3.8, 4) is 5.75 Å². The van der Waals surface area contributed by atoms with E-state index in [1.807, 2.05) is 0 Å².